The Kier molecular flexibility index (Phi) is 6.96. The summed E-state index contributed by atoms with van der Waals surface area (Å²) in [6.07, 6.45) is 11.1. The number of amides is 1. The van der Waals surface area contributed by atoms with Crippen molar-refractivity contribution in [2.24, 2.45) is 22.7 Å². The Labute approximate surface area is 230 Å². The van der Waals surface area contributed by atoms with Gasteiger partial charge in [0.15, 0.2) is 0 Å². The molecular formula is C31H44N2O6. The van der Waals surface area contributed by atoms with Crippen LogP contribution in [-0.2, 0) is 4.74 Å². The van der Waals surface area contributed by atoms with Gasteiger partial charge in [-0.1, -0.05) is 19.4 Å². The maximum Gasteiger partial charge on any atom is 0.407 e. The average Bonchev–Trinajstić information content (AvgIpc) is 3.44. The largest absolute Gasteiger partial charge is 0.442 e. The first-order valence-corrected chi connectivity index (χ1v) is 15.0. The van der Waals surface area contributed by atoms with E-state index >= 15 is 0 Å². The molecule has 3 saturated carbocycles. The van der Waals surface area contributed by atoms with E-state index in [0.717, 1.165) is 76.4 Å². The molecule has 0 aromatic carbocycles. The van der Waals surface area contributed by atoms with Crippen LogP contribution in [0.4, 0.5) is 4.79 Å². The fourth-order valence-corrected chi connectivity index (χ4v) is 9.37. The summed E-state index contributed by atoms with van der Waals surface area (Å²) in [5.41, 5.74) is 1.14. The van der Waals surface area contributed by atoms with Crippen molar-refractivity contribution >= 4 is 6.09 Å². The lowest BCUT2D eigenvalue weighted by Gasteiger charge is -2.61. The maximum absolute atomic E-state index is 12.5. The van der Waals surface area contributed by atoms with E-state index in [9.17, 15) is 19.8 Å². The van der Waals surface area contributed by atoms with Crippen LogP contribution in [0.2, 0.25) is 0 Å². The van der Waals surface area contributed by atoms with Crippen LogP contribution in [0.25, 0.3) is 0 Å². The van der Waals surface area contributed by atoms with Gasteiger partial charge in [0.1, 0.15) is 6.10 Å². The van der Waals surface area contributed by atoms with Gasteiger partial charge in [0.05, 0.1) is 18.0 Å². The SMILES string of the molecule is C[C@]12CC[C@H](OC(=O)NCCN3CC[C@@H](O)C3)C=C1CC[C@@H]1[C@@H]2CC[C@]2(C)[C@@H](c3ccc(=O)oc3)CC[C@]12O. The van der Waals surface area contributed by atoms with E-state index in [2.05, 4.69) is 30.1 Å². The number of fused-ring (bicyclic) bond motifs is 5. The molecule has 2 heterocycles. The van der Waals surface area contributed by atoms with Crippen LogP contribution in [0.3, 0.4) is 0 Å². The summed E-state index contributed by atoms with van der Waals surface area (Å²) in [4.78, 5) is 26.2. The Balaban J connectivity index is 1.11. The number of hydrogen-bond donors (Lipinski definition) is 3. The van der Waals surface area contributed by atoms with Crippen molar-refractivity contribution in [3.8, 4) is 0 Å². The molecule has 1 amide bonds. The van der Waals surface area contributed by atoms with Gasteiger partial charge >= 0.3 is 11.7 Å². The molecule has 1 aliphatic heterocycles. The molecule has 0 bridgehead atoms. The molecule has 8 atom stereocenters. The van der Waals surface area contributed by atoms with Crippen molar-refractivity contribution in [1.29, 1.82) is 0 Å². The molecule has 3 N–H and O–H groups in total. The maximum atomic E-state index is 12.5. The van der Waals surface area contributed by atoms with Crippen molar-refractivity contribution < 1.29 is 24.2 Å². The number of hydrogen-bond acceptors (Lipinski definition) is 7. The molecule has 1 saturated heterocycles. The number of aliphatic hydroxyl groups excluding tert-OH is 1. The third-order valence-corrected chi connectivity index (χ3v) is 11.6. The highest BCUT2D eigenvalue weighted by molar-refractivity contribution is 5.67. The predicted octanol–water partition coefficient (Wildman–Crippen LogP) is 3.96. The number of likely N-dealkylation sites (tertiary alicyclic amines) is 1. The third kappa shape index (κ3) is 4.56. The topological polar surface area (TPSA) is 112 Å². The smallest absolute Gasteiger partial charge is 0.407 e. The lowest BCUT2D eigenvalue weighted by molar-refractivity contribution is -0.178. The second kappa shape index (κ2) is 10.0. The molecule has 1 aromatic rings. The zero-order chi connectivity index (χ0) is 27.4. The van der Waals surface area contributed by atoms with Crippen molar-refractivity contribution in [3.05, 3.63) is 46.0 Å². The molecule has 1 aromatic heterocycles. The zero-order valence-corrected chi connectivity index (χ0v) is 23.4. The van der Waals surface area contributed by atoms with Crippen LogP contribution < -0.4 is 10.9 Å². The number of nitrogens with zero attached hydrogens (tertiary/aromatic N) is 1. The van der Waals surface area contributed by atoms with Gasteiger partial charge in [-0.05, 0) is 98.7 Å². The molecule has 4 fully saturated rings. The molecule has 214 valence electrons. The molecule has 5 aliphatic rings. The number of rotatable bonds is 5. The number of ether oxygens (including phenoxy) is 1. The van der Waals surface area contributed by atoms with Crippen LogP contribution in [-0.4, -0.2) is 65.2 Å². The van der Waals surface area contributed by atoms with Crippen molar-refractivity contribution in [3.63, 3.8) is 0 Å². The van der Waals surface area contributed by atoms with Gasteiger partial charge in [0, 0.05) is 37.7 Å². The molecular weight excluding hydrogens is 496 g/mol. The first kappa shape index (κ1) is 27.0. The summed E-state index contributed by atoms with van der Waals surface area (Å²) in [7, 11) is 0. The first-order valence-electron chi connectivity index (χ1n) is 15.0. The van der Waals surface area contributed by atoms with Gasteiger partial charge in [-0.3, -0.25) is 4.90 Å². The number of nitrogens with one attached hydrogen (secondary N) is 1. The van der Waals surface area contributed by atoms with Crippen molar-refractivity contribution in [1.82, 2.24) is 10.2 Å². The van der Waals surface area contributed by atoms with Gasteiger partial charge in [0.2, 0.25) is 0 Å². The fourth-order valence-electron chi connectivity index (χ4n) is 9.37. The summed E-state index contributed by atoms with van der Waals surface area (Å²) < 4.78 is 11.0. The Morgan fingerprint density at radius 1 is 1.13 bits per heavy atom. The number of allylic oxidation sites excluding steroid dienone is 1. The summed E-state index contributed by atoms with van der Waals surface area (Å²) in [5.74, 6) is 0.841. The highest BCUT2D eigenvalue weighted by Gasteiger charge is 2.66. The standard InChI is InChI=1S/C31H44N2O6/c1-29-11-7-23(39-28(36)32-14-16-33-15-10-22(34)18-33)17-21(29)4-5-26-25(29)8-12-30(2)24(9-13-31(26,30)37)20-3-6-27(35)38-19-20/h3,6,17,19,22-26,34,37H,4-5,7-16,18H2,1-2H3,(H,32,36)/t22-,23+,24-,25+,26-,29+,30-,31+/m1/s1. The third-order valence-electron chi connectivity index (χ3n) is 11.6. The van der Waals surface area contributed by atoms with Crippen LogP contribution in [0.5, 0.6) is 0 Å². The van der Waals surface area contributed by atoms with Gasteiger partial charge in [-0.25, -0.2) is 9.59 Å². The van der Waals surface area contributed by atoms with E-state index < -0.39 is 5.60 Å². The molecule has 0 spiro atoms. The lowest BCUT2D eigenvalue weighted by atomic mass is 9.45. The Morgan fingerprint density at radius 3 is 2.72 bits per heavy atom. The highest BCUT2D eigenvalue weighted by atomic mass is 16.6. The monoisotopic (exact) mass is 540 g/mol. The number of alkyl carbamates (subject to hydrolysis) is 1. The summed E-state index contributed by atoms with van der Waals surface area (Å²) >= 11 is 0. The molecule has 8 nitrogen and oxygen atoms in total. The van der Waals surface area contributed by atoms with E-state index in [1.807, 2.05) is 6.07 Å². The second-order valence-electron chi connectivity index (χ2n) is 13.4. The zero-order valence-electron chi connectivity index (χ0n) is 23.4. The minimum Gasteiger partial charge on any atom is -0.442 e. The Bertz CT molecular complexity index is 1160. The molecule has 0 radical (unpaired) electrons. The van der Waals surface area contributed by atoms with Crippen LogP contribution >= 0.6 is 0 Å². The fraction of sp³-hybridized carbons (Fsp3) is 0.742. The second-order valence-corrected chi connectivity index (χ2v) is 13.4. The van der Waals surface area contributed by atoms with Crippen molar-refractivity contribution in [2.45, 2.75) is 95.4 Å². The van der Waals surface area contributed by atoms with E-state index in [-0.39, 0.29) is 46.6 Å². The number of carbonyl (C=O) groups excluding carboxylic acids is 1. The highest BCUT2D eigenvalue weighted by Crippen LogP contribution is 2.70. The van der Waals surface area contributed by atoms with Gasteiger partial charge in [-0.2, -0.15) is 0 Å². The first-order chi connectivity index (χ1) is 18.6. The van der Waals surface area contributed by atoms with Crippen LogP contribution in [0.1, 0.15) is 83.1 Å². The van der Waals surface area contributed by atoms with E-state index in [1.165, 1.54) is 11.6 Å². The van der Waals surface area contributed by atoms with E-state index in [1.54, 1.807) is 6.26 Å². The predicted molar refractivity (Wildman–Crippen MR) is 146 cm³/mol. The molecule has 0 unspecified atom stereocenters. The van der Waals surface area contributed by atoms with Gasteiger partial charge in [0.25, 0.3) is 0 Å². The molecule has 6 rings (SSSR count). The quantitative estimate of drug-likeness (QED) is 0.485. The van der Waals surface area contributed by atoms with E-state index in [0.29, 0.717) is 19.0 Å². The van der Waals surface area contributed by atoms with Gasteiger partial charge in [-0.15, -0.1) is 0 Å². The lowest BCUT2D eigenvalue weighted by Crippen LogP contribution is -2.60. The Morgan fingerprint density at radius 2 is 1.97 bits per heavy atom. The molecule has 8 heteroatoms. The minimum absolute atomic E-state index is 0.0184. The minimum atomic E-state index is -0.732. The van der Waals surface area contributed by atoms with Crippen molar-refractivity contribution in [2.75, 3.05) is 26.2 Å². The number of carbonyl (C=O) groups is 1. The van der Waals surface area contributed by atoms with Gasteiger partial charge < -0.3 is 24.7 Å². The van der Waals surface area contributed by atoms with E-state index in [4.69, 9.17) is 9.15 Å². The molecule has 39 heavy (non-hydrogen) atoms. The average molecular weight is 541 g/mol. The molecule has 4 aliphatic carbocycles. The summed E-state index contributed by atoms with van der Waals surface area (Å²) in [5, 5.41) is 24.9. The van der Waals surface area contributed by atoms with Crippen LogP contribution in [0.15, 0.2) is 39.3 Å². The van der Waals surface area contributed by atoms with Crippen LogP contribution in [0, 0.1) is 22.7 Å². The number of β-amino-alcohol motifs (C(OH)–C–C–N with tert-alkyl or cyclic N) is 1. The summed E-state index contributed by atoms with van der Waals surface area (Å²) in [6.45, 7) is 7.41. The summed E-state index contributed by atoms with van der Waals surface area (Å²) in [6, 6.07) is 3.39. The Hall–Kier alpha value is -2.16. The normalized spacial score (nSPS) is 41.7. The number of aliphatic hydroxyl groups is 2.